The lowest BCUT2D eigenvalue weighted by atomic mass is 10.2. The number of carbonyl (C=O) groups is 1. The van der Waals surface area contributed by atoms with Gasteiger partial charge in [-0.25, -0.2) is 0 Å². The van der Waals surface area contributed by atoms with Crippen molar-refractivity contribution in [1.29, 1.82) is 0 Å². The van der Waals surface area contributed by atoms with Crippen LogP contribution in [0.15, 0.2) is 36.4 Å². The van der Waals surface area contributed by atoms with Crippen molar-refractivity contribution in [2.75, 3.05) is 26.4 Å². The summed E-state index contributed by atoms with van der Waals surface area (Å²) in [6.07, 6.45) is 1.84. The van der Waals surface area contributed by atoms with Gasteiger partial charge in [-0.15, -0.1) is 0 Å². The van der Waals surface area contributed by atoms with Gasteiger partial charge < -0.3 is 19.7 Å². The summed E-state index contributed by atoms with van der Waals surface area (Å²) in [7, 11) is 0. The van der Waals surface area contributed by atoms with Crippen LogP contribution in [0.4, 0.5) is 0 Å². The molecule has 1 aliphatic rings. The number of carboxylic acid groups (broad SMARTS) is 1. The van der Waals surface area contributed by atoms with Crippen molar-refractivity contribution in [3.8, 4) is 0 Å². The number of hydrogen-bond acceptors (Lipinski definition) is 4. The predicted molar refractivity (Wildman–Crippen MR) is 81.2 cm³/mol. The third-order valence-electron chi connectivity index (χ3n) is 2.47. The molecule has 1 unspecified atom stereocenters. The lowest BCUT2D eigenvalue weighted by Gasteiger charge is -2.20. The maximum Gasteiger partial charge on any atom is 0.306 e. The first-order chi connectivity index (χ1) is 10.2. The number of hydrogen-bond donors (Lipinski definition) is 2. The van der Waals surface area contributed by atoms with Gasteiger partial charge >= 0.3 is 5.97 Å². The van der Waals surface area contributed by atoms with Crippen molar-refractivity contribution in [3.63, 3.8) is 0 Å². The fraction of sp³-hybridized carbons (Fsp3) is 0.562. The van der Waals surface area contributed by atoms with Gasteiger partial charge in [-0.1, -0.05) is 49.7 Å². The molecule has 0 amide bonds. The van der Waals surface area contributed by atoms with Crippen LogP contribution in [0.25, 0.3) is 0 Å². The van der Waals surface area contributed by atoms with Crippen molar-refractivity contribution in [2.24, 2.45) is 0 Å². The molecule has 1 aliphatic heterocycles. The number of carboxylic acids is 1. The quantitative estimate of drug-likeness (QED) is 0.892. The molecule has 2 N–H and O–H groups in total. The second-order valence-corrected chi connectivity index (χ2v) is 4.40. The third-order valence-corrected chi connectivity index (χ3v) is 2.47. The van der Waals surface area contributed by atoms with E-state index in [0.717, 1.165) is 12.8 Å². The molecular weight excluding hydrogens is 272 g/mol. The van der Waals surface area contributed by atoms with Gasteiger partial charge in [0.25, 0.3) is 0 Å². The van der Waals surface area contributed by atoms with Gasteiger partial charge in [0.05, 0.1) is 32.3 Å². The smallest absolute Gasteiger partial charge is 0.306 e. The molecule has 120 valence electrons. The summed E-state index contributed by atoms with van der Waals surface area (Å²) in [5, 5.41) is 16.4. The molecule has 5 heteroatoms. The van der Waals surface area contributed by atoms with Crippen LogP contribution in [-0.2, 0) is 14.3 Å². The molecule has 5 nitrogen and oxygen atoms in total. The molecule has 0 aromatic heterocycles. The third kappa shape index (κ3) is 14.8. The van der Waals surface area contributed by atoms with Crippen molar-refractivity contribution >= 4 is 5.97 Å². The van der Waals surface area contributed by atoms with Gasteiger partial charge in [0.1, 0.15) is 0 Å². The van der Waals surface area contributed by atoms with E-state index in [2.05, 4.69) is 6.92 Å². The Balaban J connectivity index is 0.000000312. The van der Waals surface area contributed by atoms with E-state index in [4.69, 9.17) is 19.7 Å². The zero-order chi connectivity index (χ0) is 15.8. The molecule has 21 heavy (non-hydrogen) atoms. The summed E-state index contributed by atoms with van der Waals surface area (Å²) in [5.74, 6) is -0.837. The van der Waals surface area contributed by atoms with Gasteiger partial charge in [0, 0.05) is 6.61 Å². The number of benzene rings is 1. The van der Waals surface area contributed by atoms with E-state index in [-0.39, 0.29) is 12.5 Å². The van der Waals surface area contributed by atoms with E-state index in [0.29, 0.717) is 26.4 Å². The Hall–Kier alpha value is -1.43. The predicted octanol–water partition coefficient (Wildman–Crippen LogP) is 2.34. The van der Waals surface area contributed by atoms with Gasteiger partial charge in [0.15, 0.2) is 0 Å². The highest BCUT2D eigenvalue weighted by Gasteiger charge is 2.16. The zero-order valence-corrected chi connectivity index (χ0v) is 12.6. The average Bonchev–Trinajstić information content (AvgIpc) is 2.51. The Morgan fingerprint density at radius 1 is 1.14 bits per heavy atom. The fourth-order valence-corrected chi connectivity index (χ4v) is 1.39. The topological polar surface area (TPSA) is 76.0 Å². The Labute approximate surface area is 126 Å². The first-order valence-electron chi connectivity index (χ1n) is 7.22. The molecule has 0 aliphatic carbocycles. The Bertz CT molecular complexity index is 294. The van der Waals surface area contributed by atoms with Crippen molar-refractivity contribution in [3.05, 3.63) is 36.4 Å². The van der Waals surface area contributed by atoms with Crippen LogP contribution in [0, 0.1) is 0 Å². The van der Waals surface area contributed by atoms with Crippen LogP contribution < -0.4 is 0 Å². The van der Waals surface area contributed by atoms with Crippen molar-refractivity contribution in [1.82, 2.24) is 0 Å². The molecule has 1 atom stereocenters. The van der Waals surface area contributed by atoms with E-state index in [9.17, 15) is 4.79 Å². The van der Waals surface area contributed by atoms with E-state index in [1.54, 1.807) is 0 Å². The molecule has 1 aromatic carbocycles. The van der Waals surface area contributed by atoms with Crippen LogP contribution >= 0.6 is 0 Å². The summed E-state index contributed by atoms with van der Waals surface area (Å²) in [6, 6.07) is 12.0. The summed E-state index contributed by atoms with van der Waals surface area (Å²) in [5.41, 5.74) is 0. The van der Waals surface area contributed by atoms with Crippen LogP contribution in [0.1, 0.15) is 26.2 Å². The average molecular weight is 298 g/mol. The van der Waals surface area contributed by atoms with Crippen LogP contribution in [-0.4, -0.2) is 48.7 Å². The molecule has 1 heterocycles. The number of unbranched alkanes of at least 4 members (excludes halogenated alkanes) is 1. The molecule has 1 saturated heterocycles. The standard InChI is InChI=1S/C6H10O4.C6H6.C4H10O/c7-6(8)3-5-4-9-1-2-10-5;1-2-4-6-5-3-1;1-2-3-4-5/h5H,1-4H2,(H,7,8);1-6H;5H,2-4H2,1H3. The van der Waals surface area contributed by atoms with Crippen molar-refractivity contribution < 1.29 is 24.5 Å². The molecule has 1 aromatic rings. The highest BCUT2D eigenvalue weighted by molar-refractivity contribution is 5.67. The van der Waals surface area contributed by atoms with Gasteiger partial charge in [-0.05, 0) is 6.42 Å². The Kier molecular flexibility index (Phi) is 13.9. The van der Waals surface area contributed by atoms with Gasteiger partial charge in [-0.2, -0.15) is 0 Å². The van der Waals surface area contributed by atoms with Crippen LogP contribution in [0.2, 0.25) is 0 Å². The molecule has 0 spiro atoms. The number of aliphatic carboxylic acids is 1. The Morgan fingerprint density at radius 3 is 2.00 bits per heavy atom. The van der Waals surface area contributed by atoms with Gasteiger partial charge in [-0.3, -0.25) is 4.79 Å². The Morgan fingerprint density at radius 2 is 1.71 bits per heavy atom. The van der Waals surface area contributed by atoms with E-state index >= 15 is 0 Å². The van der Waals surface area contributed by atoms with Crippen molar-refractivity contribution in [2.45, 2.75) is 32.3 Å². The molecule has 2 rings (SSSR count). The van der Waals surface area contributed by atoms with E-state index in [1.165, 1.54) is 0 Å². The van der Waals surface area contributed by atoms with E-state index < -0.39 is 5.97 Å². The molecule has 0 radical (unpaired) electrons. The maximum atomic E-state index is 10.1. The highest BCUT2D eigenvalue weighted by atomic mass is 16.6. The van der Waals surface area contributed by atoms with Crippen LogP contribution in [0.3, 0.4) is 0 Å². The lowest BCUT2D eigenvalue weighted by Crippen LogP contribution is -2.30. The minimum absolute atomic E-state index is 0.0417. The largest absolute Gasteiger partial charge is 0.481 e. The summed E-state index contributed by atoms with van der Waals surface area (Å²) in [6.45, 7) is 3.90. The second kappa shape index (κ2) is 15.0. The monoisotopic (exact) mass is 298 g/mol. The van der Waals surface area contributed by atoms with Gasteiger partial charge in [0.2, 0.25) is 0 Å². The SMILES string of the molecule is CCCCO.O=C(O)CC1COCCO1.c1ccccc1. The molecule has 0 saturated carbocycles. The normalized spacial score (nSPS) is 16.8. The fourth-order valence-electron chi connectivity index (χ4n) is 1.39. The summed E-state index contributed by atoms with van der Waals surface area (Å²) >= 11 is 0. The number of rotatable bonds is 4. The second-order valence-electron chi connectivity index (χ2n) is 4.40. The number of ether oxygens (including phenoxy) is 2. The zero-order valence-electron chi connectivity index (χ0n) is 12.6. The highest BCUT2D eigenvalue weighted by Crippen LogP contribution is 2.04. The lowest BCUT2D eigenvalue weighted by molar-refractivity contribution is -0.146. The summed E-state index contributed by atoms with van der Waals surface area (Å²) < 4.78 is 10.1. The van der Waals surface area contributed by atoms with Crippen LogP contribution in [0.5, 0.6) is 0 Å². The number of aliphatic hydroxyl groups excluding tert-OH is 1. The number of aliphatic hydroxyl groups is 1. The molecule has 0 bridgehead atoms. The summed E-state index contributed by atoms with van der Waals surface area (Å²) in [4.78, 5) is 10.1. The minimum atomic E-state index is -0.837. The molecule has 1 fully saturated rings. The van der Waals surface area contributed by atoms with E-state index in [1.807, 2.05) is 36.4 Å². The maximum absolute atomic E-state index is 10.1. The minimum Gasteiger partial charge on any atom is -0.481 e. The molecular formula is C16H26O5. The first-order valence-corrected chi connectivity index (χ1v) is 7.22. The first kappa shape index (κ1) is 19.6.